The van der Waals surface area contributed by atoms with Crippen molar-refractivity contribution in [3.63, 3.8) is 0 Å². The van der Waals surface area contributed by atoms with E-state index < -0.39 is 17.5 Å². The SMILES string of the molecule is COc1c(Oc2ccc(CCN)cc2)cc(C(=O)Nc2cc(F)ccc2F)c(OC)c1OC. The molecule has 0 heterocycles. The lowest BCUT2D eigenvalue weighted by atomic mass is 10.1. The molecule has 0 aliphatic heterocycles. The Kier molecular flexibility index (Phi) is 7.68. The molecular formula is C24H24F2N2O5. The molecule has 0 unspecified atom stereocenters. The third-order valence-corrected chi connectivity index (χ3v) is 4.77. The highest BCUT2D eigenvalue weighted by atomic mass is 19.1. The van der Waals surface area contributed by atoms with Gasteiger partial charge in [-0.2, -0.15) is 0 Å². The predicted octanol–water partition coefficient (Wildman–Crippen LogP) is 4.54. The molecule has 0 aliphatic carbocycles. The highest BCUT2D eigenvalue weighted by Gasteiger charge is 2.26. The molecule has 0 atom stereocenters. The number of methoxy groups -OCH3 is 3. The van der Waals surface area contributed by atoms with Gasteiger partial charge < -0.3 is 30.0 Å². The molecule has 0 saturated heterocycles. The number of halogens is 2. The Bertz CT molecular complexity index is 1140. The number of hydrogen-bond acceptors (Lipinski definition) is 6. The molecule has 0 aromatic heterocycles. The molecule has 0 radical (unpaired) electrons. The van der Waals surface area contributed by atoms with E-state index in [1.165, 1.54) is 27.4 Å². The third-order valence-electron chi connectivity index (χ3n) is 4.77. The number of nitrogens with one attached hydrogen (secondary N) is 1. The summed E-state index contributed by atoms with van der Waals surface area (Å²) in [6.07, 6.45) is 0.723. The summed E-state index contributed by atoms with van der Waals surface area (Å²) in [6.45, 7) is 0.522. The Morgan fingerprint density at radius 1 is 0.909 bits per heavy atom. The minimum absolute atomic E-state index is 0.0337. The van der Waals surface area contributed by atoms with Gasteiger partial charge in [-0.3, -0.25) is 4.79 Å². The van der Waals surface area contributed by atoms with Crippen LogP contribution in [0.3, 0.4) is 0 Å². The van der Waals surface area contributed by atoms with E-state index in [1.54, 1.807) is 12.1 Å². The first-order valence-corrected chi connectivity index (χ1v) is 9.98. The zero-order valence-corrected chi connectivity index (χ0v) is 18.4. The van der Waals surface area contributed by atoms with Gasteiger partial charge in [-0.25, -0.2) is 8.78 Å². The monoisotopic (exact) mass is 458 g/mol. The Labute approximate surface area is 190 Å². The highest BCUT2D eigenvalue weighted by molar-refractivity contribution is 6.07. The second-order valence-corrected chi connectivity index (χ2v) is 6.88. The maximum atomic E-state index is 14.1. The van der Waals surface area contributed by atoms with E-state index >= 15 is 0 Å². The van der Waals surface area contributed by atoms with Gasteiger partial charge in [0, 0.05) is 12.1 Å². The van der Waals surface area contributed by atoms with Crippen molar-refractivity contribution in [1.82, 2.24) is 0 Å². The first-order chi connectivity index (χ1) is 15.9. The zero-order chi connectivity index (χ0) is 24.0. The van der Waals surface area contributed by atoms with Crippen molar-refractivity contribution in [1.29, 1.82) is 0 Å². The van der Waals surface area contributed by atoms with Gasteiger partial charge in [0.15, 0.2) is 11.5 Å². The second-order valence-electron chi connectivity index (χ2n) is 6.88. The highest BCUT2D eigenvalue weighted by Crippen LogP contribution is 2.48. The van der Waals surface area contributed by atoms with Gasteiger partial charge in [0.2, 0.25) is 11.5 Å². The molecule has 174 valence electrons. The van der Waals surface area contributed by atoms with Crippen LogP contribution in [0.4, 0.5) is 14.5 Å². The molecule has 3 rings (SSSR count). The van der Waals surface area contributed by atoms with Crippen LogP contribution in [0.1, 0.15) is 15.9 Å². The molecule has 7 nitrogen and oxygen atoms in total. The molecule has 0 spiro atoms. The summed E-state index contributed by atoms with van der Waals surface area (Å²) < 4.78 is 49.8. The van der Waals surface area contributed by atoms with E-state index in [9.17, 15) is 13.6 Å². The lowest BCUT2D eigenvalue weighted by Crippen LogP contribution is -2.15. The maximum absolute atomic E-state index is 14.1. The number of carbonyl (C=O) groups excluding carboxylic acids is 1. The Hall–Kier alpha value is -3.85. The fourth-order valence-electron chi connectivity index (χ4n) is 3.23. The number of hydrogen-bond donors (Lipinski definition) is 2. The summed E-state index contributed by atoms with van der Waals surface area (Å²) in [7, 11) is 4.13. The van der Waals surface area contributed by atoms with Crippen LogP contribution < -0.4 is 30.0 Å². The number of benzene rings is 3. The minimum atomic E-state index is -0.793. The van der Waals surface area contributed by atoms with Gasteiger partial charge in [0.1, 0.15) is 17.4 Å². The maximum Gasteiger partial charge on any atom is 0.259 e. The summed E-state index contributed by atoms with van der Waals surface area (Å²) in [5.41, 5.74) is 6.27. The van der Waals surface area contributed by atoms with Crippen molar-refractivity contribution in [2.24, 2.45) is 5.73 Å². The quantitative estimate of drug-likeness (QED) is 0.489. The molecule has 1 amide bonds. The summed E-state index contributed by atoms with van der Waals surface area (Å²) >= 11 is 0. The van der Waals surface area contributed by atoms with Crippen molar-refractivity contribution in [2.75, 3.05) is 33.2 Å². The largest absolute Gasteiger partial charge is 0.492 e. The van der Waals surface area contributed by atoms with Crippen molar-refractivity contribution in [2.45, 2.75) is 6.42 Å². The summed E-state index contributed by atoms with van der Waals surface area (Å²) in [4.78, 5) is 13.0. The number of nitrogens with two attached hydrogens (primary N) is 1. The number of ether oxygens (including phenoxy) is 4. The lowest BCUT2D eigenvalue weighted by molar-refractivity contribution is 0.102. The zero-order valence-electron chi connectivity index (χ0n) is 18.4. The van der Waals surface area contributed by atoms with Gasteiger partial charge in [-0.05, 0) is 42.8 Å². The third kappa shape index (κ3) is 5.32. The molecule has 0 aliphatic rings. The Morgan fingerprint density at radius 2 is 1.58 bits per heavy atom. The number of carbonyl (C=O) groups is 1. The van der Waals surface area contributed by atoms with Crippen LogP contribution in [0.15, 0.2) is 48.5 Å². The van der Waals surface area contributed by atoms with Crippen LogP contribution in [-0.4, -0.2) is 33.8 Å². The molecule has 0 saturated carbocycles. The molecule has 0 fully saturated rings. The smallest absolute Gasteiger partial charge is 0.259 e. The van der Waals surface area contributed by atoms with Crippen LogP contribution in [0.5, 0.6) is 28.7 Å². The van der Waals surface area contributed by atoms with Crippen LogP contribution in [0.25, 0.3) is 0 Å². The van der Waals surface area contributed by atoms with Crippen molar-refractivity contribution < 1.29 is 32.5 Å². The van der Waals surface area contributed by atoms with Crippen LogP contribution in [0.2, 0.25) is 0 Å². The van der Waals surface area contributed by atoms with E-state index in [1.807, 2.05) is 12.1 Å². The van der Waals surface area contributed by atoms with Crippen LogP contribution in [0, 0.1) is 11.6 Å². The van der Waals surface area contributed by atoms with Crippen molar-refractivity contribution in [3.8, 4) is 28.7 Å². The van der Waals surface area contributed by atoms with Gasteiger partial charge in [0.05, 0.1) is 32.6 Å². The fourth-order valence-corrected chi connectivity index (χ4v) is 3.23. The van der Waals surface area contributed by atoms with Gasteiger partial charge in [0.25, 0.3) is 5.91 Å². The molecule has 3 aromatic rings. The lowest BCUT2D eigenvalue weighted by Gasteiger charge is -2.19. The molecule has 0 bridgehead atoms. The van der Waals surface area contributed by atoms with Crippen LogP contribution >= 0.6 is 0 Å². The molecule has 33 heavy (non-hydrogen) atoms. The summed E-state index contributed by atoms with van der Waals surface area (Å²) in [5.74, 6) is -1.30. The minimum Gasteiger partial charge on any atom is -0.492 e. The average Bonchev–Trinajstić information content (AvgIpc) is 2.81. The normalized spacial score (nSPS) is 10.5. The summed E-state index contributed by atoms with van der Waals surface area (Å²) in [6, 6.07) is 11.4. The summed E-state index contributed by atoms with van der Waals surface area (Å²) in [5, 5.41) is 2.35. The first kappa shape index (κ1) is 23.8. The molecule has 9 heteroatoms. The second kappa shape index (κ2) is 10.6. The fraction of sp³-hybridized carbons (Fsp3) is 0.208. The van der Waals surface area contributed by atoms with Gasteiger partial charge >= 0.3 is 0 Å². The van der Waals surface area contributed by atoms with E-state index in [4.69, 9.17) is 24.7 Å². The van der Waals surface area contributed by atoms with Crippen molar-refractivity contribution in [3.05, 3.63) is 71.3 Å². The van der Waals surface area contributed by atoms with E-state index in [-0.39, 0.29) is 34.2 Å². The van der Waals surface area contributed by atoms with Crippen molar-refractivity contribution >= 4 is 11.6 Å². The number of amides is 1. The predicted molar refractivity (Wildman–Crippen MR) is 120 cm³/mol. The standard InChI is InChI=1S/C24H24F2N2O5/c1-30-21-17(24(29)28-19-12-15(25)6-9-18(19)26)13-20(22(31-2)23(21)32-3)33-16-7-4-14(5-8-16)10-11-27/h4-9,12-13H,10-11,27H2,1-3H3,(H,28,29). The van der Waals surface area contributed by atoms with E-state index in [2.05, 4.69) is 5.32 Å². The Balaban J connectivity index is 2.03. The topological polar surface area (TPSA) is 92.0 Å². The number of anilines is 1. The average molecular weight is 458 g/mol. The molecule has 3 N–H and O–H groups in total. The molecule has 3 aromatic carbocycles. The molecular weight excluding hydrogens is 434 g/mol. The van der Waals surface area contributed by atoms with Gasteiger partial charge in [-0.1, -0.05) is 12.1 Å². The van der Waals surface area contributed by atoms with Gasteiger partial charge in [-0.15, -0.1) is 0 Å². The van der Waals surface area contributed by atoms with Crippen LogP contribution in [-0.2, 0) is 6.42 Å². The first-order valence-electron chi connectivity index (χ1n) is 9.98. The Morgan fingerprint density at radius 3 is 2.18 bits per heavy atom. The van der Waals surface area contributed by atoms with E-state index in [0.717, 1.165) is 30.2 Å². The number of rotatable bonds is 9. The van der Waals surface area contributed by atoms with E-state index in [0.29, 0.717) is 12.3 Å².